The summed E-state index contributed by atoms with van der Waals surface area (Å²) in [5.41, 5.74) is 0.884. The number of ether oxygens (including phenoxy) is 2. The molecule has 5 heteroatoms. The maximum atomic E-state index is 12.2. The normalized spacial score (nSPS) is 18.8. The lowest BCUT2D eigenvalue weighted by Gasteiger charge is -2.23. The first kappa shape index (κ1) is 13.1. The van der Waals surface area contributed by atoms with E-state index in [-0.39, 0.29) is 11.9 Å². The molecule has 2 aliphatic rings. The molecule has 1 saturated heterocycles. The fourth-order valence-corrected chi connectivity index (χ4v) is 2.66. The zero-order chi connectivity index (χ0) is 13.9. The fraction of sp³-hybridized carbons (Fsp3) is 0.533. The SMILES string of the molecule is C[C@H](Nc1ccc2c(c1)OCCO2)C(=O)N1CCCC1. The molecule has 1 aromatic rings. The highest BCUT2D eigenvalue weighted by Gasteiger charge is 2.23. The summed E-state index contributed by atoms with van der Waals surface area (Å²) in [4.78, 5) is 14.2. The summed E-state index contributed by atoms with van der Waals surface area (Å²) in [6, 6.07) is 5.46. The summed E-state index contributed by atoms with van der Waals surface area (Å²) in [6.07, 6.45) is 2.23. The van der Waals surface area contributed by atoms with Gasteiger partial charge >= 0.3 is 0 Å². The van der Waals surface area contributed by atoms with Gasteiger partial charge in [-0.15, -0.1) is 0 Å². The van der Waals surface area contributed by atoms with Crippen LogP contribution in [0.5, 0.6) is 11.5 Å². The van der Waals surface area contributed by atoms with Crippen LogP contribution in [0, 0.1) is 0 Å². The number of fused-ring (bicyclic) bond motifs is 1. The molecule has 0 bridgehead atoms. The van der Waals surface area contributed by atoms with Crippen LogP contribution >= 0.6 is 0 Å². The Hall–Kier alpha value is -1.91. The Labute approximate surface area is 118 Å². The van der Waals surface area contributed by atoms with E-state index in [0.717, 1.165) is 43.1 Å². The molecule has 1 fully saturated rings. The Morgan fingerprint density at radius 2 is 1.90 bits per heavy atom. The first-order valence-electron chi connectivity index (χ1n) is 7.19. The van der Waals surface area contributed by atoms with Crippen LogP contribution in [0.2, 0.25) is 0 Å². The number of carbonyl (C=O) groups excluding carboxylic acids is 1. The van der Waals surface area contributed by atoms with Crippen LogP contribution in [0.25, 0.3) is 0 Å². The van der Waals surface area contributed by atoms with Crippen LogP contribution in [-0.4, -0.2) is 43.2 Å². The van der Waals surface area contributed by atoms with Crippen molar-refractivity contribution < 1.29 is 14.3 Å². The minimum atomic E-state index is -0.226. The Morgan fingerprint density at radius 1 is 1.20 bits per heavy atom. The number of anilines is 1. The molecule has 0 radical (unpaired) electrons. The molecule has 1 aromatic carbocycles. The predicted molar refractivity (Wildman–Crippen MR) is 76.3 cm³/mol. The van der Waals surface area contributed by atoms with Crippen LogP contribution in [0.4, 0.5) is 5.69 Å². The fourth-order valence-electron chi connectivity index (χ4n) is 2.66. The van der Waals surface area contributed by atoms with E-state index >= 15 is 0 Å². The van der Waals surface area contributed by atoms with Crippen molar-refractivity contribution in [3.8, 4) is 11.5 Å². The van der Waals surface area contributed by atoms with E-state index in [1.54, 1.807) is 0 Å². The Morgan fingerprint density at radius 3 is 2.65 bits per heavy atom. The molecular weight excluding hydrogens is 256 g/mol. The van der Waals surface area contributed by atoms with Gasteiger partial charge in [0.05, 0.1) is 0 Å². The summed E-state index contributed by atoms with van der Waals surface area (Å²) in [7, 11) is 0. The van der Waals surface area contributed by atoms with Crippen molar-refractivity contribution in [3.63, 3.8) is 0 Å². The van der Waals surface area contributed by atoms with E-state index in [9.17, 15) is 4.79 Å². The van der Waals surface area contributed by atoms with Gasteiger partial charge in [0.25, 0.3) is 0 Å². The third-order valence-corrected chi connectivity index (χ3v) is 3.71. The molecule has 0 saturated carbocycles. The number of rotatable bonds is 3. The van der Waals surface area contributed by atoms with Gasteiger partial charge in [0, 0.05) is 24.8 Å². The van der Waals surface area contributed by atoms with Crippen molar-refractivity contribution in [3.05, 3.63) is 18.2 Å². The molecule has 2 heterocycles. The van der Waals surface area contributed by atoms with E-state index in [2.05, 4.69) is 5.32 Å². The Bertz CT molecular complexity index is 498. The van der Waals surface area contributed by atoms with Gasteiger partial charge in [0.15, 0.2) is 11.5 Å². The number of nitrogens with one attached hydrogen (secondary N) is 1. The number of nitrogens with zero attached hydrogens (tertiary/aromatic N) is 1. The predicted octanol–water partition coefficient (Wildman–Crippen LogP) is 1.88. The van der Waals surface area contributed by atoms with Crippen LogP contribution < -0.4 is 14.8 Å². The maximum absolute atomic E-state index is 12.2. The van der Waals surface area contributed by atoms with E-state index in [1.807, 2.05) is 30.0 Å². The molecule has 1 amide bonds. The van der Waals surface area contributed by atoms with Gasteiger partial charge in [0.1, 0.15) is 19.3 Å². The number of likely N-dealkylation sites (tertiary alicyclic amines) is 1. The molecule has 5 nitrogen and oxygen atoms in total. The average molecular weight is 276 g/mol. The largest absolute Gasteiger partial charge is 0.486 e. The molecular formula is C15H20N2O3. The summed E-state index contributed by atoms with van der Waals surface area (Å²) in [5, 5.41) is 3.24. The van der Waals surface area contributed by atoms with Gasteiger partial charge in [-0.25, -0.2) is 0 Å². The quantitative estimate of drug-likeness (QED) is 0.916. The minimum absolute atomic E-state index is 0.164. The Kier molecular flexibility index (Phi) is 3.67. The lowest BCUT2D eigenvalue weighted by molar-refractivity contribution is -0.130. The van der Waals surface area contributed by atoms with E-state index in [4.69, 9.17) is 9.47 Å². The molecule has 108 valence electrons. The maximum Gasteiger partial charge on any atom is 0.244 e. The molecule has 20 heavy (non-hydrogen) atoms. The molecule has 0 aromatic heterocycles. The molecule has 2 aliphatic heterocycles. The number of amides is 1. The van der Waals surface area contributed by atoms with Crippen molar-refractivity contribution in [2.75, 3.05) is 31.6 Å². The monoisotopic (exact) mass is 276 g/mol. The zero-order valence-electron chi connectivity index (χ0n) is 11.7. The van der Waals surface area contributed by atoms with Crippen molar-refractivity contribution in [2.45, 2.75) is 25.8 Å². The summed E-state index contributed by atoms with van der Waals surface area (Å²) in [6.45, 7) is 4.82. The van der Waals surface area contributed by atoms with Crippen LogP contribution in [0.15, 0.2) is 18.2 Å². The van der Waals surface area contributed by atoms with Crippen molar-refractivity contribution in [1.29, 1.82) is 0 Å². The van der Waals surface area contributed by atoms with Gasteiger partial charge in [-0.05, 0) is 31.9 Å². The van der Waals surface area contributed by atoms with Gasteiger partial charge in [-0.1, -0.05) is 0 Å². The number of hydrogen-bond acceptors (Lipinski definition) is 4. The highest BCUT2D eigenvalue weighted by atomic mass is 16.6. The van der Waals surface area contributed by atoms with E-state index in [1.165, 1.54) is 0 Å². The van der Waals surface area contributed by atoms with Gasteiger partial charge in [-0.2, -0.15) is 0 Å². The van der Waals surface area contributed by atoms with Crippen LogP contribution in [0.1, 0.15) is 19.8 Å². The van der Waals surface area contributed by atoms with Gasteiger partial charge in [-0.3, -0.25) is 4.79 Å². The average Bonchev–Trinajstić information content (AvgIpc) is 3.00. The number of carbonyl (C=O) groups is 1. The number of hydrogen-bond donors (Lipinski definition) is 1. The lowest BCUT2D eigenvalue weighted by Crippen LogP contribution is -2.39. The highest BCUT2D eigenvalue weighted by Crippen LogP contribution is 2.32. The van der Waals surface area contributed by atoms with E-state index < -0.39 is 0 Å². The van der Waals surface area contributed by atoms with Gasteiger partial charge in [0.2, 0.25) is 5.91 Å². The van der Waals surface area contributed by atoms with Gasteiger partial charge < -0.3 is 19.7 Å². The Balaban J connectivity index is 1.66. The summed E-state index contributed by atoms with van der Waals surface area (Å²) in [5.74, 6) is 1.67. The van der Waals surface area contributed by atoms with E-state index in [0.29, 0.717) is 13.2 Å². The second-order valence-corrected chi connectivity index (χ2v) is 5.26. The van der Waals surface area contributed by atoms with Crippen molar-refractivity contribution in [2.24, 2.45) is 0 Å². The second kappa shape index (κ2) is 5.61. The third kappa shape index (κ3) is 2.66. The standard InChI is InChI=1S/C15H20N2O3/c1-11(15(18)17-6-2-3-7-17)16-12-4-5-13-14(10-12)20-9-8-19-13/h4-5,10-11,16H,2-3,6-9H2,1H3/t11-/m0/s1. The second-order valence-electron chi connectivity index (χ2n) is 5.26. The highest BCUT2D eigenvalue weighted by molar-refractivity contribution is 5.84. The van der Waals surface area contributed by atoms with Crippen molar-refractivity contribution >= 4 is 11.6 Å². The molecule has 1 N–H and O–H groups in total. The summed E-state index contributed by atoms with van der Waals surface area (Å²) >= 11 is 0. The zero-order valence-corrected chi connectivity index (χ0v) is 11.7. The lowest BCUT2D eigenvalue weighted by atomic mass is 10.2. The first-order chi connectivity index (χ1) is 9.74. The van der Waals surface area contributed by atoms with Crippen LogP contribution in [-0.2, 0) is 4.79 Å². The molecule has 3 rings (SSSR count). The first-order valence-corrected chi connectivity index (χ1v) is 7.19. The summed E-state index contributed by atoms with van der Waals surface area (Å²) < 4.78 is 11.0. The molecule has 0 spiro atoms. The smallest absolute Gasteiger partial charge is 0.244 e. The van der Waals surface area contributed by atoms with Crippen LogP contribution in [0.3, 0.4) is 0 Å². The third-order valence-electron chi connectivity index (χ3n) is 3.71. The van der Waals surface area contributed by atoms with Crippen molar-refractivity contribution in [1.82, 2.24) is 4.90 Å². The molecule has 0 aliphatic carbocycles. The molecule has 0 unspecified atom stereocenters. The minimum Gasteiger partial charge on any atom is -0.486 e. The molecule has 1 atom stereocenters. The topological polar surface area (TPSA) is 50.8 Å². The number of benzene rings is 1.